The van der Waals surface area contributed by atoms with Crippen LogP contribution >= 0.6 is 0 Å². The number of rotatable bonds is 3. The summed E-state index contributed by atoms with van der Waals surface area (Å²) < 4.78 is 53.1. The Morgan fingerprint density at radius 1 is 1.00 bits per heavy atom. The first kappa shape index (κ1) is 19.1. The molecule has 0 heterocycles. The van der Waals surface area contributed by atoms with Crippen LogP contribution in [0, 0.1) is 6.92 Å². The lowest BCUT2D eigenvalue weighted by Gasteiger charge is -2.06. The van der Waals surface area contributed by atoms with Crippen molar-refractivity contribution >= 4 is 17.2 Å². The number of hydrogen-bond donors (Lipinski definition) is 0. The zero-order chi connectivity index (χ0) is 17.5. The third kappa shape index (κ3) is 5.63. The minimum Gasteiger partial charge on any atom is -0.229 e. The highest BCUT2D eigenvalue weighted by molar-refractivity contribution is 7.83. The molecule has 0 aliphatic rings. The van der Waals surface area contributed by atoms with Gasteiger partial charge in [0.25, 0.3) is 0 Å². The Morgan fingerprint density at radius 3 is 2.09 bits per heavy atom. The minimum absolute atomic E-state index is 0.229. The molecule has 0 aromatic heterocycles. The van der Waals surface area contributed by atoms with Gasteiger partial charge in [0.1, 0.15) is 0 Å². The number of alkyl halides is 3. The summed E-state index contributed by atoms with van der Waals surface area (Å²) in [5, 5.41) is 0. The van der Waals surface area contributed by atoms with Crippen LogP contribution in [-0.4, -0.2) is 10.4 Å². The third-order valence-corrected chi connectivity index (χ3v) is 3.83. The van der Waals surface area contributed by atoms with E-state index in [0.29, 0.717) is 0 Å². The Bertz CT molecular complexity index is 679. The summed E-state index contributed by atoms with van der Waals surface area (Å²) in [6, 6.07) is 11.6. The van der Waals surface area contributed by atoms with Gasteiger partial charge in [0, 0.05) is 6.21 Å². The van der Waals surface area contributed by atoms with Crippen molar-refractivity contribution in [3.8, 4) is 0 Å². The van der Waals surface area contributed by atoms with E-state index in [4.69, 9.17) is 0 Å². The van der Waals surface area contributed by atoms with E-state index in [9.17, 15) is 17.4 Å². The lowest BCUT2D eigenvalue weighted by molar-refractivity contribution is -0.137. The van der Waals surface area contributed by atoms with E-state index < -0.39 is 22.7 Å². The van der Waals surface area contributed by atoms with Gasteiger partial charge in [0.05, 0.1) is 10.5 Å². The van der Waals surface area contributed by atoms with Crippen molar-refractivity contribution in [1.82, 2.24) is 0 Å². The quantitative estimate of drug-likeness (QED) is 0.707. The normalized spacial score (nSPS) is 12.6. The SMILES string of the molecule is CC.Cc1ccccc1/C=N/S(=O)c1ccc(C(F)(F)F)cc1. The Hall–Kier alpha value is -1.95. The minimum atomic E-state index is -4.40. The molecular formula is C17H18F3NOS. The standard InChI is InChI=1S/C15H12F3NOS.C2H6/c1-11-4-2-3-5-12(11)10-19-21(20)14-8-6-13(7-9-14)15(16,17)18;1-2/h2-10H,1H3;1-2H3/b19-10+;. The highest BCUT2D eigenvalue weighted by Crippen LogP contribution is 2.29. The van der Waals surface area contributed by atoms with Gasteiger partial charge >= 0.3 is 6.18 Å². The van der Waals surface area contributed by atoms with E-state index in [1.54, 1.807) is 0 Å². The maximum absolute atomic E-state index is 12.4. The second kappa shape index (κ2) is 8.62. The zero-order valence-corrected chi connectivity index (χ0v) is 13.9. The number of hydrogen-bond acceptors (Lipinski definition) is 1. The molecule has 0 aliphatic carbocycles. The maximum Gasteiger partial charge on any atom is 0.416 e. The van der Waals surface area contributed by atoms with E-state index in [1.165, 1.54) is 18.3 Å². The monoisotopic (exact) mass is 341 g/mol. The average Bonchev–Trinajstić information content (AvgIpc) is 2.55. The smallest absolute Gasteiger partial charge is 0.229 e. The molecule has 0 radical (unpaired) electrons. The second-order valence-electron chi connectivity index (χ2n) is 4.36. The molecule has 0 amide bonds. The predicted molar refractivity (Wildman–Crippen MR) is 88.0 cm³/mol. The molecule has 0 saturated carbocycles. The molecule has 0 spiro atoms. The van der Waals surface area contributed by atoms with Crippen molar-refractivity contribution in [1.29, 1.82) is 0 Å². The van der Waals surface area contributed by atoms with Gasteiger partial charge < -0.3 is 0 Å². The van der Waals surface area contributed by atoms with Crippen LogP contribution < -0.4 is 0 Å². The molecule has 124 valence electrons. The van der Waals surface area contributed by atoms with E-state index in [2.05, 4.69) is 4.40 Å². The van der Waals surface area contributed by atoms with Crippen molar-refractivity contribution in [2.75, 3.05) is 0 Å². The van der Waals surface area contributed by atoms with E-state index in [0.717, 1.165) is 23.3 Å². The largest absolute Gasteiger partial charge is 0.416 e. The Balaban J connectivity index is 0.00000127. The molecule has 2 nitrogen and oxygen atoms in total. The maximum atomic E-state index is 12.4. The van der Waals surface area contributed by atoms with Gasteiger partial charge in [-0.2, -0.15) is 17.6 Å². The Kier molecular flexibility index (Phi) is 7.16. The molecule has 2 aromatic carbocycles. The molecule has 0 bridgehead atoms. The van der Waals surface area contributed by atoms with Gasteiger partial charge in [-0.3, -0.25) is 0 Å². The fourth-order valence-corrected chi connectivity index (χ4v) is 2.36. The topological polar surface area (TPSA) is 29.4 Å². The predicted octanol–water partition coefficient (Wildman–Crippen LogP) is 5.18. The van der Waals surface area contributed by atoms with Crippen LogP contribution in [-0.2, 0) is 17.2 Å². The van der Waals surface area contributed by atoms with Crippen molar-refractivity contribution in [2.24, 2.45) is 4.40 Å². The molecule has 0 aliphatic heterocycles. The summed E-state index contributed by atoms with van der Waals surface area (Å²) in [6.45, 7) is 5.89. The molecule has 0 saturated heterocycles. The lowest BCUT2D eigenvalue weighted by atomic mass is 10.1. The molecule has 0 fully saturated rings. The van der Waals surface area contributed by atoms with E-state index in [1.807, 2.05) is 45.0 Å². The summed E-state index contributed by atoms with van der Waals surface area (Å²) in [4.78, 5) is 0.229. The summed E-state index contributed by atoms with van der Waals surface area (Å²) in [7, 11) is -1.73. The van der Waals surface area contributed by atoms with Crippen LogP contribution in [0.4, 0.5) is 13.2 Å². The third-order valence-electron chi connectivity index (χ3n) is 2.86. The lowest BCUT2D eigenvalue weighted by Crippen LogP contribution is -2.04. The molecule has 1 unspecified atom stereocenters. The number of benzene rings is 2. The summed E-state index contributed by atoms with van der Waals surface area (Å²) in [5.41, 5.74) is 1.02. The summed E-state index contributed by atoms with van der Waals surface area (Å²) >= 11 is 0. The van der Waals surface area contributed by atoms with Gasteiger partial charge in [0.2, 0.25) is 0 Å². The zero-order valence-electron chi connectivity index (χ0n) is 13.1. The van der Waals surface area contributed by atoms with Crippen LogP contribution in [0.2, 0.25) is 0 Å². The molecule has 0 N–H and O–H groups in total. The van der Waals surface area contributed by atoms with E-state index >= 15 is 0 Å². The van der Waals surface area contributed by atoms with Crippen molar-refractivity contribution in [3.63, 3.8) is 0 Å². The summed E-state index contributed by atoms with van der Waals surface area (Å²) in [6.07, 6.45) is -2.94. The van der Waals surface area contributed by atoms with Crippen molar-refractivity contribution in [2.45, 2.75) is 31.8 Å². The van der Waals surface area contributed by atoms with Crippen molar-refractivity contribution < 1.29 is 17.4 Å². The highest BCUT2D eigenvalue weighted by Gasteiger charge is 2.30. The van der Waals surface area contributed by atoms with Gasteiger partial charge in [-0.15, -0.1) is 0 Å². The Labute approximate surface area is 136 Å². The summed E-state index contributed by atoms with van der Waals surface area (Å²) in [5.74, 6) is 0. The highest BCUT2D eigenvalue weighted by atomic mass is 32.2. The van der Waals surface area contributed by atoms with Crippen LogP contribution in [0.3, 0.4) is 0 Å². The molecular weight excluding hydrogens is 323 g/mol. The van der Waals surface area contributed by atoms with Gasteiger partial charge in [-0.1, -0.05) is 38.1 Å². The van der Waals surface area contributed by atoms with Crippen molar-refractivity contribution in [3.05, 3.63) is 65.2 Å². The molecule has 6 heteroatoms. The number of aryl methyl sites for hydroxylation is 1. The fraction of sp³-hybridized carbons (Fsp3) is 0.235. The molecule has 2 rings (SSSR count). The first-order chi connectivity index (χ1) is 10.9. The van der Waals surface area contributed by atoms with E-state index in [-0.39, 0.29) is 4.90 Å². The average molecular weight is 341 g/mol. The van der Waals surface area contributed by atoms with Gasteiger partial charge in [-0.05, 0) is 42.3 Å². The van der Waals surface area contributed by atoms with Crippen LogP contribution in [0.5, 0.6) is 0 Å². The van der Waals surface area contributed by atoms with Gasteiger partial charge in [0.15, 0.2) is 11.0 Å². The molecule has 2 aromatic rings. The first-order valence-electron chi connectivity index (χ1n) is 7.07. The molecule has 1 atom stereocenters. The second-order valence-corrected chi connectivity index (χ2v) is 5.54. The fourth-order valence-electron chi connectivity index (χ4n) is 1.66. The number of nitrogens with zero attached hydrogens (tertiary/aromatic N) is 1. The van der Waals surface area contributed by atoms with Crippen LogP contribution in [0.1, 0.15) is 30.5 Å². The Morgan fingerprint density at radius 2 is 1.57 bits per heavy atom. The first-order valence-corrected chi connectivity index (χ1v) is 8.17. The molecule has 23 heavy (non-hydrogen) atoms. The van der Waals surface area contributed by atoms with Gasteiger partial charge in [-0.25, -0.2) is 4.21 Å². The number of halogens is 3. The van der Waals surface area contributed by atoms with Crippen LogP contribution in [0.25, 0.3) is 0 Å². The van der Waals surface area contributed by atoms with Crippen LogP contribution in [0.15, 0.2) is 57.8 Å².